The lowest BCUT2D eigenvalue weighted by molar-refractivity contribution is 0.328. The Kier molecular flexibility index (Phi) is 3.92. The number of nitrogens with one attached hydrogen (secondary N) is 1. The highest BCUT2D eigenvalue weighted by atomic mass is 15.2. The van der Waals surface area contributed by atoms with Gasteiger partial charge in [0.15, 0.2) is 0 Å². The van der Waals surface area contributed by atoms with Gasteiger partial charge >= 0.3 is 0 Å². The molecule has 1 N–H and O–H groups in total. The molecule has 0 radical (unpaired) electrons. The predicted octanol–water partition coefficient (Wildman–Crippen LogP) is 0.0713. The number of hydrogen-bond donors (Lipinski definition) is 1. The highest BCUT2D eigenvalue weighted by molar-refractivity contribution is 5.02. The molecule has 1 aromatic rings. The van der Waals surface area contributed by atoms with E-state index >= 15 is 0 Å². The number of nitrogens with zero attached hydrogens (tertiary/aromatic N) is 3. The highest BCUT2D eigenvalue weighted by Crippen LogP contribution is 1.99. The molecule has 4 heteroatoms. The van der Waals surface area contributed by atoms with Gasteiger partial charge in [-0.3, -0.25) is 4.68 Å². The predicted molar refractivity (Wildman–Crippen MR) is 53.5 cm³/mol. The average Bonchev–Trinajstić information content (AvgIpc) is 2.48. The standard InChI is InChI=1S/C9H18N4/c1-10-4-5-12(2)7-9-6-11-13(3)8-9/h6,8,10H,4-5,7H2,1-3H3. The van der Waals surface area contributed by atoms with Gasteiger partial charge < -0.3 is 10.2 Å². The molecule has 4 nitrogen and oxygen atoms in total. The third kappa shape index (κ3) is 3.57. The first-order valence-corrected chi connectivity index (χ1v) is 4.53. The number of likely N-dealkylation sites (N-methyl/N-ethyl adjacent to an activating group) is 2. The van der Waals surface area contributed by atoms with Gasteiger partial charge in [0, 0.05) is 38.4 Å². The Morgan fingerprint density at radius 1 is 1.62 bits per heavy atom. The van der Waals surface area contributed by atoms with Crippen LogP contribution in [0.5, 0.6) is 0 Å². The van der Waals surface area contributed by atoms with Gasteiger partial charge in [-0.1, -0.05) is 0 Å². The van der Waals surface area contributed by atoms with Crippen LogP contribution in [0.1, 0.15) is 5.56 Å². The molecule has 1 rings (SSSR count). The summed E-state index contributed by atoms with van der Waals surface area (Å²) in [5.41, 5.74) is 1.26. The van der Waals surface area contributed by atoms with E-state index in [1.807, 2.05) is 25.0 Å². The van der Waals surface area contributed by atoms with Gasteiger partial charge in [0.2, 0.25) is 0 Å². The molecule has 1 heterocycles. The summed E-state index contributed by atoms with van der Waals surface area (Å²) in [5.74, 6) is 0. The van der Waals surface area contributed by atoms with Crippen molar-refractivity contribution in [2.24, 2.45) is 7.05 Å². The van der Waals surface area contributed by atoms with Crippen molar-refractivity contribution in [1.29, 1.82) is 0 Å². The van der Waals surface area contributed by atoms with Gasteiger partial charge in [0.25, 0.3) is 0 Å². The molecular weight excluding hydrogens is 164 g/mol. The fourth-order valence-electron chi connectivity index (χ4n) is 1.25. The number of aromatic nitrogens is 2. The Bertz CT molecular complexity index is 244. The first-order valence-electron chi connectivity index (χ1n) is 4.53. The van der Waals surface area contributed by atoms with Crippen LogP contribution in [-0.2, 0) is 13.6 Å². The summed E-state index contributed by atoms with van der Waals surface area (Å²) >= 11 is 0. The third-order valence-corrected chi connectivity index (χ3v) is 1.95. The summed E-state index contributed by atoms with van der Waals surface area (Å²) in [7, 11) is 6.03. The fraction of sp³-hybridized carbons (Fsp3) is 0.667. The van der Waals surface area contributed by atoms with Crippen molar-refractivity contribution in [3.8, 4) is 0 Å². The average molecular weight is 182 g/mol. The van der Waals surface area contributed by atoms with E-state index in [2.05, 4.69) is 28.6 Å². The van der Waals surface area contributed by atoms with E-state index in [1.54, 1.807) is 0 Å². The van der Waals surface area contributed by atoms with Crippen molar-refractivity contribution in [2.45, 2.75) is 6.54 Å². The molecule has 0 aliphatic rings. The van der Waals surface area contributed by atoms with Gasteiger partial charge in [-0.2, -0.15) is 5.10 Å². The van der Waals surface area contributed by atoms with E-state index in [0.717, 1.165) is 19.6 Å². The van der Waals surface area contributed by atoms with E-state index in [0.29, 0.717) is 0 Å². The van der Waals surface area contributed by atoms with Crippen LogP contribution in [0.15, 0.2) is 12.4 Å². The monoisotopic (exact) mass is 182 g/mol. The largest absolute Gasteiger partial charge is 0.318 e. The highest BCUT2D eigenvalue weighted by Gasteiger charge is 2.00. The molecule has 0 saturated heterocycles. The van der Waals surface area contributed by atoms with Crippen LogP contribution in [-0.4, -0.2) is 41.9 Å². The molecule has 0 bridgehead atoms. The van der Waals surface area contributed by atoms with Gasteiger partial charge in [-0.15, -0.1) is 0 Å². The Labute approximate surface area is 79.5 Å². The van der Waals surface area contributed by atoms with Crippen LogP contribution in [0.3, 0.4) is 0 Å². The molecule has 0 atom stereocenters. The van der Waals surface area contributed by atoms with Crippen LogP contribution in [0.4, 0.5) is 0 Å². The number of hydrogen-bond acceptors (Lipinski definition) is 3. The molecular formula is C9H18N4. The second-order valence-electron chi connectivity index (χ2n) is 3.36. The van der Waals surface area contributed by atoms with Crippen LogP contribution < -0.4 is 5.32 Å². The van der Waals surface area contributed by atoms with Crippen molar-refractivity contribution >= 4 is 0 Å². The molecule has 0 aromatic carbocycles. The van der Waals surface area contributed by atoms with Gasteiger partial charge in [-0.05, 0) is 14.1 Å². The fourth-order valence-corrected chi connectivity index (χ4v) is 1.25. The topological polar surface area (TPSA) is 33.1 Å². The lowest BCUT2D eigenvalue weighted by Gasteiger charge is -2.14. The summed E-state index contributed by atoms with van der Waals surface area (Å²) in [5, 5.41) is 7.25. The number of aryl methyl sites for hydroxylation is 1. The molecule has 0 unspecified atom stereocenters. The van der Waals surface area contributed by atoms with Gasteiger partial charge in [0.1, 0.15) is 0 Å². The summed E-state index contributed by atoms with van der Waals surface area (Å²) in [4.78, 5) is 2.27. The van der Waals surface area contributed by atoms with Crippen molar-refractivity contribution < 1.29 is 0 Å². The zero-order chi connectivity index (χ0) is 9.68. The van der Waals surface area contributed by atoms with Gasteiger partial charge in [-0.25, -0.2) is 0 Å². The second kappa shape index (κ2) is 4.99. The lowest BCUT2D eigenvalue weighted by atomic mass is 10.3. The first-order chi connectivity index (χ1) is 6.22. The maximum absolute atomic E-state index is 4.12. The summed E-state index contributed by atoms with van der Waals surface area (Å²) in [6, 6.07) is 0. The van der Waals surface area contributed by atoms with E-state index in [-0.39, 0.29) is 0 Å². The third-order valence-electron chi connectivity index (χ3n) is 1.95. The summed E-state index contributed by atoms with van der Waals surface area (Å²) < 4.78 is 1.83. The summed E-state index contributed by atoms with van der Waals surface area (Å²) in [6.07, 6.45) is 3.96. The molecule has 13 heavy (non-hydrogen) atoms. The molecule has 1 aromatic heterocycles. The minimum atomic E-state index is 0.968. The maximum Gasteiger partial charge on any atom is 0.0534 e. The molecule has 0 aliphatic carbocycles. The van der Waals surface area contributed by atoms with Crippen molar-refractivity contribution in [3.63, 3.8) is 0 Å². The normalized spacial score (nSPS) is 11.1. The van der Waals surface area contributed by atoms with Crippen molar-refractivity contribution in [3.05, 3.63) is 18.0 Å². The lowest BCUT2D eigenvalue weighted by Crippen LogP contribution is -2.26. The molecule has 0 aliphatic heterocycles. The van der Waals surface area contributed by atoms with Crippen molar-refractivity contribution in [2.75, 3.05) is 27.2 Å². The minimum Gasteiger partial charge on any atom is -0.318 e. The Morgan fingerprint density at radius 2 is 2.38 bits per heavy atom. The van der Waals surface area contributed by atoms with E-state index in [9.17, 15) is 0 Å². The minimum absolute atomic E-state index is 0.968. The molecule has 0 spiro atoms. The van der Waals surface area contributed by atoms with E-state index < -0.39 is 0 Å². The Hall–Kier alpha value is -0.870. The molecule has 0 fully saturated rings. The van der Waals surface area contributed by atoms with Crippen LogP contribution in [0, 0.1) is 0 Å². The smallest absolute Gasteiger partial charge is 0.0534 e. The second-order valence-corrected chi connectivity index (χ2v) is 3.36. The summed E-state index contributed by atoms with van der Waals surface area (Å²) in [6.45, 7) is 3.05. The molecule has 0 saturated carbocycles. The van der Waals surface area contributed by atoms with E-state index in [1.165, 1.54) is 5.56 Å². The van der Waals surface area contributed by atoms with Crippen molar-refractivity contribution in [1.82, 2.24) is 20.0 Å². The van der Waals surface area contributed by atoms with Crippen LogP contribution >= 0.6 is 0 Å². The van der Waals surface area contributed by atoms with Gasteiger partial charge in [0.05, 0.1) is 6.20 Å². The zero-order valence-electron chi connectivity index (χ0n) is 8.62. The first kappa shape index (κ1) is 10.2. The van der Waals surface area contributed by atoms with Crippen LogP contribution in [0.2, 0.25) is 0 Å². The SMILES string of the molecule is CNCCN(C)Cc1cnn(C)c1. The Balaban J connectivity index is 2.31. The molecule has 0 amide bonds. The van der Waals surface area contributed by atoms with Crippen LogP contribution in [0.25, 0.3) is 0 Å². The Morgan fingerprint density at radius 3 is 2.92 bits per heavy atom. The molecule has 74 valence electrons. The quantitative estimate of drug-likeness (QED) is 0.699. The zero-order valence-corrected chi connectivity index (χ0v) is 8.62. The van der Waals surface area contributed by atoms with E-state index in [4.69, 9.17) is 0 Å². The maximum atomic E-state index is 4.12. The number of rotatable bonds is 5.